The molecule has 3 N–H and O–H groups in total. The van der Waals surface area contributed by atoms with Crippen LogP contribution in [0.1, 0.15) is 0 Å². The summed E-state index contributed by atoms with van der Waals surface area (Å²) in [5.41, 5.74) is 0. The quantitative estimate of drug-likeness (QED) is 0.408. The summed E-state index contributed by atoms with van der Waals surface area (Å²) in [4.78, 5) is 1.16. The molecule has 1 aromatic rings. The van der Waals surface area contributed by atoms with Gasteiger partial charge in [-0.2, -0.15) is 16.8 Å². The predicted octanol–water partition coefficient (Wildman–Crippen LogP) is -0.897. The Balaban J connectivity index is 3.03. The predicted molar refractivity (Wildman–Crippen MR) is 52.2 cm³/mol. The Morgan fingerprint density at radius 2 is 1.60 bits per heavy atom. The van der Waals surface area contributed by atoms with Crippen LogP contribution in [0.4, 0.5) is 0 Å². The molecule has 0 spiro atoms. The molecule has 0 atom stereocenters. The van der Waals surface area contributed by atoms with Crippen molar-refractivity contribution in [2.45, 2.75) is 0 Å². The molecule has 1 aromatic carbocycles. The number of hydrogen-bond acceptors (Lipinski definition) is 6. The van der Waals surface area contributed by atoms with E-state index in [2.05, 4.69) is 10.0 Å². The summed E-state index contributed by atoms with van der Waals surface area (Å²) in [6.45, 7) is 0. The SMILES string of the molecule is NNS(=O)(=O)S(=O)(=O)Oc1ccccc1. The fraction of sp³-hybridized carbons (Fsp3) is 0. The fourth-order valence-electron chi connectivity index (χ4n) is 0.698. The second kappa shape index (κ2) is 4.14. The number of hydrazine groups is 1. The first kappa shape index (κ1) is 11.9. The lowest BCUT2D eigenvalue weighted by Crippen LogP contribution is -2.38. The van der Waals surface area contributed by atoms with Crippen LogP contribution in [0, 0.1) is 0 Å². The maximum absolute atomic E-state index is 11.1. The molecule has 0 radical (unpaired) electrons. The van der Waals surface area contributed by atoms with Gasteiger partial charge < -0.3 is 4.18 Å². The number of benzene rings is 1. The summed E-state index contributed by atoms with van der Waals surface area (Å²) in [6, 6.07) is 7.20. The summed E-state index contributed by atoms with van der Waals surface area (Å²) in [5, 5.41) is 0. The fourth-order valence-corrected chi connectivity index (χ4v) is 2.11. The Morgan fingerprint density at radius 3 is 2.07 bits per heavy atom. The molecule has 0 amide bonds. The van der Waals surface area contributed by atoms with Gasteiger partial charge in [-0.15, -0.1) is 4.83 Å². The largest absolute Gasteiger partial charge is 0.434 e. The van der Waals surface area contributed by atoms with Crippen molar-refractivity contribution in [3.8, 4) is 5.75 Å². The topological polar surface area (TPSA) is 116 Å². The van der Waals surface area contributed by atoms with E-state index >= 15 is 0 Å². The molecule has 1 rings (SSSR count). The third kappa shape index (κ3) is 2.65. The minimum Gasteiger partial charge on any atom is -0.370 e. The molecule has 0 aliphatic heterocycles. The number of para-hydroxylation sites is 1. The highest BCUT2D eigenvalue weighted by Gasteiger charge is 2.30. The molecule has 9 heteroatoms. The van der Waals surface area contributed by atoms with E-state index < -0.39 is 18.2 Å². The summed E-state index contributed by atoms with van der Waals surface area (Å²) < 4.78 is 48.3. The van der Waals surface area contributed by atoms with Crippen LogP contribution in [0.2, 0.25) is 0 Å². The maximum atomic E-state index is 11.1. The van der Waals surface area contributed by atoms with Crippen molar-refractivity contribution in [1.82, 2.24) is 4.83 Å². The molecular weight excluding hydrogens is 244 g/mol. The smallest absolute Gasteiger partial charge is 0.370 e. The van der Waals surface area contributed by atoms with Crippen LogP contribution >= 0.6 is 0 Å². The summed E-state index contributed by atoms with van der Waals surface area (Å²) in [6.07, 6.45) is 0. The van der Waals surface area contributed by atoms with E-state index in [0.717, 1.165) is 4.83 Å². The minimum absolute atomic E-state index is 0.115. The molecule has 0 fully saturated rings. The van der Waals surface area contributed by atoms with Crippen molar-refractivity contribution in [2.75, 3.05) is 0 Å². The number of nitrogens with one attached hydrogen (secondary N) is 1. The maximum Gasteiger partial charge on any atom is 0.434 e. The highest BCUT2D eigenvalue weighted by atomic mass is 33.2. The molecular formula is C6H8N2O5S2. The number of nitrogens with two attached hydrogens (primary N) is 1. The van der Waals surface area contributed by atoms with E-state index in [0.29, 0.717) is 0 Å². The van der Waals surface area contributed by atoms with E-state index in [1.54, 1.807) is 6.07 Å². The Labute approximate surface area is 86.4 Å². The molecule has 0 aliphatic carbocycles. The van der Waals surface area contributed by atoms with Crippen LogP contribution in [0.5, 0.6) is 5.75 Å². The van der Waals surface area contributed by atoms with E-state index in [-0.39, 0.29) is 5.75 Å². The molecule has 0 aromatic heterocycles. The van der Waals surface area contributed by atoms with Gasteiger partial charge in [0, 0.05) is 0 Å². The zero-order valence-electron chi connectivity index (χ0n) is 7.32. The third-order valence-electron chi connectivity index (χ3n) is 1.35. The molecule has 0 bridgehead atoms. The highest BCUT2D eigenvalue weighted by molar-refractivity contribution is 8.64. The highest BCUT2D eigenvalue weighted by Crippen LogP contribution is 2.13. The van der Waals surface area contributed by atoms with Crippen molar-refractivity contribution in [3.63, 3.8) is 0 Å². The summed E-state index contributed by atoms with van der Waals surface area (Å²) in [7, 11) is -9.54. The molecule has 0 heterocycles. The Bertz CT molecular complexity index is 522. The molecule has 7 nitrogen and oxygen atoms in total. The van der Waals surface area contributed by atoms with Gasteiger partial charge in [0.2, 0.25) is 0 Å². The second-order valence-electron chi connectivity index (χ2n) is 2.38. The zero-order valence-corrected chi connectivity index (χ0v) is 8.95. The van der Waals surface area contributed by atoms with Gasteiger partial charge in [-0.05, 0) is 12.1 Å². The minimum atomic E-state index is -4.83. The zero-order chi connectivity index (χ0) is 11.5. The van der Waals surface area contributed by atoms with Crippen molar-refractivity contribution < 1.29 is 21.0 Å². The van der Waals surface area contributed by atoms with E-state index in [1.807, 2.05) is 0 Å². The molecule has 0 aliphatic rings. The van der Waals surface area contributed by atoms with Crippen LogP contribution in [0.3, 0.4) is 0 Å². The average molecular weight is 252 g/mol. The van der Waals surface area contributed by atoms with Crippen LogP contribution in [-0.4, -0.2) is 16.8 Å². The lowest BCUT2D eigenvalue weighted by atomic mass is 10.3. The molecule has 0 saturated carbocycles. The first-order valence-corrected chi connectivity index (χ1v) is 7.02. The van der Waals surface area contributed by atoms with Gasteiger partial charge in [0.25, 0.3) is 0 Å². The van der Waals surface area contributed by atoms with Gasteiger partial charge in [-0.1, -0.05) is 18.2 Å². The molecule has 0 unspecified atom stereocenters. The number of hydrogen-bond donors (Lipinski definition) is 2. The molecule has 84 valence electrons. The molecule has 15 heavy (non-hydrogen) atoms. The van der Waals surface area contributed by atoms with E-state index in [4.69, 9.17) is 0 Å². The monoisotopic (exact) mass is 252 g/mol. The third-order valence-corrected chi connectivity index (χ3v) is 4.68. The first-order valence-electron chi connectivity index (χ1n) is 3.61. The van der Waals surface area contributed by atoms with Gasteiger partial charge in [-0.3, -0.25) is 5.84 Å². The summed E-state index contributed by atoms with van der Waals surface area (Å²) in [5.74, 6) is 4.43. The van der Waals surface area contributed by atoms with E-state index in [9.17, 15) is 16.8 Å². The Morgan fingerprint density at radius 1 is 1.07 bits per heavy atom. The number of rotatable bonds is 4. The Hall–Kier alpha value is -1.16. The average Bonchev–Trinajstić information content (AvgIpc) is 2.18. The lowest BCUT2D eigenvalue weighted by Gasteiger charge is -2.05. The van der Waals surface area contributed by atoms with Crippen molar-refractivity contribution in [2.24, 2.45) is 5.84 Å². The van der Waals surface area contributed by atoms with Gasteiger partial charge >= 0.3 is 18.2 Å². The standard InChI is InChI=1S/C6H8N2O5S2/c7-8-14(9,10)15(11,12)13-6-4-2-1-3-5-6/h1-5,8H,7H2. The van der Waals surface area contributed by atoms with Crippen molar-refractivity contribution in [3.05, 3.63) is 30.3 Å². The van der Waals surface area contributed by atoms with Gasteiger partial charge in [0.1, 0.15) is 5.75 Å². The van der Waals surface area contributed by atoms with Gasteiger partial charge in [0.05, 0.1) is 0 Å². The Kier molecular flexibility index (Phi) is 3.29. The lowest BCUT2D eigenvalue weighted by molar-refractivity contribution is 0.493. The van der Waals surface area contributed by atoms with Crippen LogP contribution in [0.15, 0.2) is 30.3 Å². The second-order valence-corrected chi connectivity index (χ2v) is 7.04. The normalized spacial score (nSPS) is 12.3. The van der Waals surface area contributed by atoms with Crippen molar-refractivity contribution in [1.29, 1.82) is 0 Å². The first-order chi connectivity index (χ1) is 6.89. The van der Waals surface area contributed by atoms with Crippen LogP contribution in [-0.2, 0) is 18.2 Å². The van der Waals surface area contributed by atoms with Gasteiger partial charge in [-0.25, -0.2) is 0 Å². The molecule has 0 saturated heterocycles. The van der Waals surface area contributed by atoms with Gasteiger partial charge in [0.15, 0.2) is 0 Å². The summed E-state index contributed by atoms with van der Waals surface area (Å²) >= 11 is 0. The van der Waals surface area contributed by atoms with E-state index in [1.165, 1.54) is 24.3 Å². The van der Waals surface area contributed by atoms with Crippen LogP contribution < -0.4 is 14.9 Å². The van der Waals surface area contributed by atoms with Crippen LogP contribution in [0.25, 0.3) is 0 Å². The van der Waals surface area contributed by atoms with Crippen molar-refractivity contribution >= 4 is 18.2 Å².